The van der Waals surface area contributed by atoms with Crippen LogP contribution in [-0.4, -0.2) is 36.7 Å². The van der Waals surface area contributed by atoms with E-state index in [1.165, 1.54) is 44.9 Å². The van der Waals surface area contributed by atoms with E-state index in [2.05, 4.69) is 20.4 Å². The average Bonchev–Trinajstić information content (AvgIpc) is 2.85. The van der Waals surface area contributed by atoms with Crippen molar-refractivity contribution in [3.05, 3.63) is 12.7 Å². The third-order valence-corrected chi connectivity index (χ3v) is 6.68. The van der Waals surface area contributed by atoms with Crippen LogP contribution in [0.1, 0.15) is 123 Å². The van der Waals surface area contributed by atoms with Gasteiger partial charge >= 0.3 is 17.9 Å². The molecule has 0 bridgehead atoms. The molecule has 0 unspecified atom stereocenters. The molecule has 0 spiro atoms. The molecule has 0 saturated heterocycles. The van der Waals surface area contributed by atoms with Gasteiger partial charge in [0.05, 0.1) is 19.1 Å². The zero-order valence-corrected chi connectivity index (χ0v) is 21.7. The molecule has 196 valence electrons. The van der Waals surface area contributed by atoms with Gasteiger partial charge in [-0.05, 0) is 38.5 Å². The first-order chi connectivity index (χ1) is 16.5. The number of unbranched alkanes of at least 4 members (excludes halogenated alkanes) is 11. The highest BCUT2D eigenvalue weighted by molar-refractivity contribution is 5.88. The van der Waals surface area contributed by atoms with Gasteiger partial charge in [0.1, 0.15) is 0 Å². The van der Waals surface area contributed by atoms with Crippen molar-refractivity contribution in [2.45, 2.75) is 129 Å². The predicted molar refractivity (Wildman–Crippen MR) is 134 cm³/mol. The Bertz CT molecular complexity index is 592. The molecule has 0 aliphatic heterocycles. The average molecular weight is 481 g/mol. The highest BCUT2D eigenvalue weighted by atomic mass is 16.6. The van der Waals surface area contributed by atoms with Crippen LogP contribution in [0.3, 0.4) is 0 Å². The van der Waals surface area contributed by atoms with Crippen molar-refractivity contribution in [1.29, 1.82) is 0 Å². The van der Waals surface area contributed by atoms with Crippen LogP contribution in [0.25, 0.3) is 0 Å². The van der Waals surface area contributed by atoms with E-state index >= 15 is 0 Å². The molecule has 0 atom stereocenters. The molecule has 0 radical (unpaired) electrons. The maximum absolute atomic E-state index is 12.8. The third kappa shape index (κ3) is 12.0. The zero-order valence-electron chi connectivity index (χ0n) is 21.7. The lowest BCUT2D eigenvalue weighted by Crippen LogP contribution is -2.48. The van der Waals surface area contributed by atoms with E-state index < -0.39 is 17.5 Å². The molecule has 1 aliphatic carbocycles. The first-order valence-corrected chi connectivity index (χ1v) is 13.7. The minimum atomic E-state index is -1.33. The van der Waals surface area contributed by atoms with Gasteiger partial charge in [0.25, 0.3) is 0 Å². The van der Waals surface area contributed by atoms with Gasteiger partial charge < -0.3 is 14.2 Å². The molecule has 34 heavy (non-hydrogen) atoms. The van der Waals surface area contributed by atoms with Gasteiger partial charge in [0.2, 0.25) is 5.60 Å². The van der Waals surface area contributed by atoms with Crippen molar-refractivity contribution in [1.82, 2.24) is 0 Å². The molecule has 0 heterocycles. The van der Waals surface area contributed by atoms with Crippen LogP contribution in [0.5, 0.6) is 0 Å². The normalized spacial score (nSPS) is 19.9. The van der Waals surface area contributed by atoms with Crippen LogP contribution in [0.4, 0.5) is 0 Å². The van der Waals surface area contributed by atoms with Crippen LogP contribution >= 0.6 is 0 Å². The summed E-state index contributed by atoms with van der Waals surface area (Å²) in [5, 5.41) is 0. The van der Waals surface area contributed by atoms with Crippen molar-refractivity contribution in [2.75, 3.05) is 13.2 Å². The fraction of sp³-hybridized carbons (Fsp3) is 0.821. The van der Waals surface area contributed by atoms with Crippen molar-refractivity contribution in [3.8, 4) is 0 Å². The lowest BCUT2D eigenvalue weighted by molar-refractivity contribution is -0.186. The van der Waals surface area contributed by atoms with Gasteiger partial charge in [-0.3, -0.25) is 4.79 Å². The first kappa shape index (κ1) is 30.2. The van der Waals surface area contributed by atoms with Gasteiger partial charge in [0.15, 0.2) is 0 Å². The molecule has 1 saturated carbocycles. The Morgan fingerprint density at radius 2 is 1.24 bits per heavy atom. The number of esters is 3. The van der Waals surface area contributed by atoms with Crippen LogP contribution in [-0.2, 0) is 28.6 Å². The molecule has 6 heteroatoms. The molecule has 1 fully saturated rings. The largest absolute Gasteiger partial charge is 0.465 e. The molecular weight excluding hydrogens is 432 g/mol. The van der Waals surface area contributed by atoms with Gasteiger partial charge in [-0.25, -0.2) is 9.59 Å². The number of rotatable bonds is 19. The molecular formula is C28H48O6. The summed E-state index contributed by atoms with van der Waals surface area (Å²) in [5.74, 6) is -1.64. The number of hydrogen-bond donors (Lipinski definition) is 0. The molecule has 0 aromatic heterocycles. The lowest BCUT2D eigenvalue weighted by atomic mass is 9.78. The van der Waals surface area contributed by atoms with Crippen molar-refractivity contribution < 1.29 is 28.6 Å². The van der Waals surface area contributed by atoms with Gasteiger partial charge in [-0.2, -0.15) is 0 Å². The third-order valence-electron chi connectivity index (χ3n) is 6.68. The maximum atomic E-state index is 12.8. The molecule has 6 nitrogen and oxygen atoms in total. The lowest BCUT2D eigenvalue weighted by Gasteiger charge is -2.36. The monoisotopic (exact) mass is 480 g/mol. The molecule has 0 amide bonds. The summed E-state index contributed by atoms with van der Waals surface area (Å²) in [6, 6.07) is 0. The highest BCUT2D eigenvalue weighted by Gasteiger charge is 2.48. The van der Waals surface area contributed by atoms with Crippen LogP contribution < -0.4 is 0 Å². The van der Waals surface area contributed by atoms with Crippen LogP contribution in [0, 0.1) is 5.92 Å². The van der Waals surface area contributed by atoms with Gasteiger partial charge in [0, 0.05) is 6.08 Å². The van der Waals surface area contributed by atoms with E-state index in [1.54, 1.807) is 0 Å². The van der Waals surface area contributed by atoms with Crippen molar-refractivity contribution >= 4 is 17.9 Å². The number of ether oxygens (including phenoxy) is 3. The van der Waals surface area contributed by atoms with Gasteiger partial charge in [-0.1, -0.05) is 91.1 Å². The standard InChI is InChI=1S/C28H48O6/c1-4-7-9-11-12-13-15-16-22-32-26(30)24-18-20-28(21-19-24,34-25(29)6-3)27(31)33-23-17-14-10-8-5-2/h6,24H,3-5,7-23H2,1-2H3. The minimum absolute atomic E-state index is 0.212. The van der Waals surface area contributed by atoms with Crippen LogP contribution in [0.15, 0.2) is 12.7 Å². The van der Waals surface area contributed by atoms with Crippen LogP contribution in [0.2, 0.25) is 0 Å². The number of hydrogen-bond acceptors (Lipinski definition) is 6. The molecule has 0 N–H and O–H groups in total. The Morgan fingerprint density at radius 1 is 0.765 bits per heavy atom. The van der Waals surface area contributed by atoms with E-state index in [9.17, 15) is 14.4 Å². The Hall–Kier alpha value is -1.85. The number of carbonyl (C=O) groups excluding carboxylic acids is 3. The fourth-order valence-electron chi connectivity index (χ4n) is 4.43. The molecule has 0 aromatic rings. The number of carbonyl (C=O) groups is 3. The summed E-state index contributed by atoms with van der Waals surface area (Å²) < 4.78 is 16.5. The Kier molecular flexibility index (Phi) is 16.4. The topological polar surface area (TPSA) is 78.9 Å². The predicted octanol–water partition coefficient (Wildman–Crippen LogP) is 6.84. The smallest absolute Gasteiger partial charge is 0.350 e. The molecule has 1 aliphatic rings. The minimum Gasteiger partial charge on any atom is -0.465 e. The van der Waals surface area contributed by atoms with E-state index in [4.69, 9.17) is 14.2 Å². The second kappa shape index (κ2) is 18.5. The van der Waals surface area contributed by atoms with E-state index in [-0.39, 0.29) is 24.7 Å². The summed E-state index contributed by atoms with van der Waals surface area (Å²) >= 11 is 0. The van der Waals surface area contributed by atoms with E-state index in [0.717, 1.165) is 44.6 Å². The summed E-state index contributed by atoms with van der Waals surface area (Å²) in [6.07, 6.45) is 17.3. The van der Waals surface area contributed by atoms with E-state index in [1.807, 2.05) is 0 Å². The molecule has 0 aromatic carbocycles. The second-order valence-corrected chi connectivity index (χ2v) is 9.59. The van der Waals surface area contributed by atoms with Gasteiger partial charge in [-0.15, -0.1) is 0 Å². The van der Waals surface area contributed by atoms with Crippen molar-refractivity contribution in [3.63, 3.8) is 0 Å². The summed E-state index contributed by atoms with van der Waals surface area (Å²) in [5.41, 5.74) is -1.33. The second-order valence-electron chi connectivity index (χ2n) is 9.59. The SMILES string of the molecule is C=CC(=O)OC1(C(=O)OCCCCCCC)CCC(C(=O)OCCCCCCCCCC)CC1. The summed E-state index contributed by atoms with van der Waals surface area (Å²) in [7, 11) is 0. The van der Waals surface area contributed by atoms with E-state index in [0.29, 0.717) is 26.1 Å². The fourth-order valence-corrected chi connectivity index (χ4v) is 4.43. The first-order valence-electron chi connectivity index (χ1n) is 13.7. The summed E-state index contributed by atoms with van der Waals surface area (Å²) in [6.45, 7) is 8.57. The Labute approximate surface area is 207 Å². The maximum Gasteiger partial charge on any atom is 0.350 e. The Balaban J connectivity index is 2.39. The molecule has 1 rings (SSSR count). The zero-order chi connectivity index (χ0) is 25.1. The van der Waals surface area contributed by atoms with Crippen molar-refractivity contribution in [2.24, 2.45) is 5.92 Å². The quantitative estimate of drug-likeness (QED) is 0.0871. The Morgan fingerprint density at radius 3 is 1.74 bits per heavy atom. The summed E-state index contributed by atoms with van der Waals surface area (Å²) in [4.78, 5) is 37.3. The highest BCUT2D eigenvalue weighted by Crippen LogP contribution is 2.37.